The van der Waals surface area contributed by atoms with Crippen LogP contribution >= 0.6 is 0 Å². The SMILES string of the molecule is CC(N)CO[CH2][Sn]. The van der Waals surface area contributed by atoms with E-state index < -0.39 is 0 Å². The van der Waals surface area contributed by atoms with Crippen LogP contribution in [-0.2, 0) is 4.74 Å². The molecule has 1 atom stereocenters. The maximum absolute atomic E-state index is 5.36. The Kier molecular flexibility index (Phi) is 5.37. The quantitative estimate of drug-likeness (QED) is 0.631. The Balaban J connectivity index is 2.68. The molecule has 0 aromatic heterocycles. The molecule has 0 spiro atoms. The van der Waals surface area contributed by atoms with Crippen molar-refractivity contribution in [2.24, 2.45) is 5.73 Å². The topological polar surface area (TPSA) is 35.2 Å². The monoisotopic (exact) mass is 208 g/mol. The number of hydrogen-bond acceptors (Lipinski definition) is 2. The van der Waals surface area contributed by atoms with E-state index in [0.29, 0.717) is 6.61 Å². The van der Waals surface area contributed by atoms with Crippen LogP contribution in [0.5, 0.6) is 0 Å². The normalized spacial score (nSPS) is 14.1. The molecule has 41 valence electrons. The van der Waals surface area contributed by atoms with Gasteiger partial charge in [0.25, 0.3) is 0 Å². The molecule has 0 aromatic carbocycles. The molecule has 0 aliphatic carbocycles. The second-order valence-electron chi connectivity index (χ2n) is 1.49. The standard InChI is InChI=1S/C4H10NO.Sn/c1-4(5)3-6-2;/h4H,2-3,5H2,1H3;. The van der Waals surface area contributed by atoms with Gasteiger partial charge in [0.2, 0.25) is 0 Å². The van der Waals surface area contributed by atoms with Crippen molar-refractivity contribution in [3.8, 4) is 0 Å². The van der Waals surface area contributed by atoms with Gasteiger partial charge in [-0.2, -0.15) is 0 Å². The summed E-state index contributed by atoms with van der Waals surface area (Å²) >= 11 is 1.41. The summed E-state index contributed by atoms with van der Waals surface area (Å²) in [6.07, 6.45) is 0. The van der Waals surface area contributed by atoms with Crippen LogP contribution < -0.4 is 5.73 Å². The van der Waals surface area contributed by atoms with E-state index in [1.165, 1.54) is 22.5 Å². The van der Waals surface area contributed by atoms with Crippen molar-refractivity contribution >= 4 is 22.5 Å². The van der Waals surface area contributed by atoms with Gasteiger partial charge in [-0.15, -0.1) is 0 Å². The molecule has 0 fully saturated rings. The molecule has 3 radical (unpaired) electrons. The summed E-state index contributed by atoms with van der Waals surface area (Å²) in [6.45, 7) is 2.64. The van der Waals surface area contributed by atoms with Gasteiger partial charge in [0.15, 0.2) is 0 Å². The first-order valence-electron chi connectivity index (χ1n) is 2.25. The number of ether oxygens (including phenoxy) is 1. The van der Waals surface area contributed by atoms with Crippen LogP contribution in [0.2, 0.25) is 0 Å². The van der Waals surface area contributed by atoms with Crippen LogP contribution in [-0.4, -0.2) is 39.8 Å². The third kappa shape index (κ3) is 6.72. The fraction of sp³-hybridized carbons (Fsp3) is 1.00. The number of hydrogen-bond donors (Lipinski definition) is 1. The molecule has 0 heterocycles. The summed E-state index contributed by atoms with van der Waals surface area (Å²) in [5.41, 5.74) is 5.36. The van der Waals surface area contributed by atoms with Gasteiger partial charge < -0.3 is 0 Å². The van der Waals surface area contributed by atoms with E-state index >= 15 is 0 Å². The minimum atomic E-state index is 0.195. The van der Waals surface area contributed by atoms with E-state index in [1.54, 1.807) is 0 Å². The minimum absolute atomic E-state index is 0.195. The predicted molar refractivity (Wildman–Crippen MR) is 30.2 cm³/mol. The van der Waals surface area contributed by atoms with Crippen molar-refractivity contribution < 1.29 is 4.74 Å². The third-order valence-corrected chi connectivity index (χ3v) is 1.07. The average Bonchev–Trinajstić information content (AvgIpc) is 1.61. The zero-order chi connectivity index (χ0) is 5.70. The molecule has 0 amide bonds. The van der Waals surface area contributed by atoms with Gasteiger partial charge in [0.1, 0.15) is 0 Å². The summed E-state index contributed by atoms with van der Waals surface area (Å²) in [5.74, 6) is 0. The molecule has 0 aromatic rings. The van der Waals surface area contributed by atoms with Gasteiger partial charge in [-0.05, 0) is 0 Å². The second kappa shape index (κ2) is 4.87. The molecular weight excluding hydrogens is 197 g/mol. The van der Waals surface area contributed by atoms with E-state index in [2.05, 4.69) is 0 Å². The van der Waals surface area contributed by atoms with Gasteiger partial charge in [-0.1, -0.05) is 0 Å². The molecule has 0 aliphatic rings. The number of nitrogens with two attached hydrogens (primary N) is 1. The molecule has 2 nitrogen and oxygen atoms in total. The van der Waals surface area contributed by atoms with Gasteiger partial charge in [-0.3, -0.25) is 0 Å². The first-order chi connectivity index (χ1) is 3.27. The van der Waals surface area contributed by atoms with Crippen LogP contribution in [0.3, 0.4) is 0 Å². The van der Waals surface area contributed by atoms with Gasteiger partial charge in [0, 0.05) is 0 Å². The Morgan fingerprint density at radius 3 is 2.57 bits per heavy atom. The zero-order valence-electron chi connectivity index (χ0n) is 4.48. The molecule has 0 saturated heterocycles. The third-order valence-electron chi connectivity index (χ3n) is 0.483. The fourth-order valence-corrected chi connectivity index (χ4v) is 0.581. The molecule has 0 bridgehead atoms. The Bertz CT molecular complexity index is 40.7. The molecule has 0 aliphatic heterocycles. The summed E-state index contributed by atoms with van der Waals surface area (Å²) < 4.78 is 5.87. The van der Waals surface area contributed by atoms with E-state index in [0.717, 1.165) is 4.62 Å². The Morgan fingerprint density at radius 2 is 2.43 bits per heavy atom. The Labute approximate surface area is 57.5 Å². The molecule has 1 unspecified atom stereocenters. The molecule has 0 rings (SSSR count). The van der Waals surface area contributed by atoms with Gasteiger partial charge in [0.05, 0.1) is 0 Å². The van der Waals surface area contributed by atoms with Crippen molar-refractivity contribution in [3.63, 3.8) is 0 Å². The summed E-state index contributed by atoms with van der Waals surface area (Å²) in [5, 5.41) is 0. The van der Waals surface area contributed by atoms with Crippen molar-refractivity contribution in [2.75, 3.05) is 11.2 Å². The maximum atomic E-state index is 5.36. The molecule has 0 saturated carbocycles. The number of rotatable bonds is 3. The Hall–Kier alpha value is 0.719. The van der Waals surface area contributed by atoms with Crippen LogP contribution in [0.25, 0.3) is 0 Å². The van der Waals surface area contributed by atoms with Crippen molar-refractivity contribution in [1.29, 1.82) is 0 Å². The van der Waals surface area contributed by atoms with Crippen LogP contribution in [0.4, 0.5) is 0 Å². The molecule has 2 N–H and O–H groups in total. The fourth-order valence-electron chi connectivity index (χ4n) is 0.245. The van der Waals surface area contributed by atoms with Gasteiger partial charge in [-0.25, -0.2) is 0 Å². The van der Waals surface area contributed by atoms with E-state index in [4.69, 9.17) is 10.5 Å². The second-order valence-corrected chi connectivity index (χ2v) is 2.32. The van der Waals surface area contributed by atoms with Crippen molar-refractivity contribution in [1.82, 2.24) is 0 Å². The molecular formula is C4H10NOSn. The molecule has 3 heteroatoms. The molecule has 7 heavy (non-hydrogen) atoms. The summed E-state index contributed by atoms with van der Waals surface area (Å²) in [7, 11) is 0. The predicted octanol–water partition coefficient (Wildman–Crippen LogP) is -0.524. The van der Waals surface area contributed by atoms with Crippen molar-refractivity contribution in [2.45, 2.75) is 13.0 Å². The summed E-state index contributed by atoms with van der Waals surface area (Å²) in [4.78, 5) is 0. The van der Waals surface area contributed by atoms with E-state index in [1.807, 2.05) is 6.92 Å². The van der Waals surface area contributed by atoms with Crippen molar-refractivity contribution in [3.05, 3.63) is 0 Å². The Morgan fingerprint density at radius 1 is 1.86 bits per heavy atom. The zero-order valence-corrected chi connectivity index (χ0v) is 7.33. The average molecular weight is 207 g/mol. The van der Waals surface area contributed by atoms with Crippen LogP contribution in [0.15, 0.2) is 0 Å². The first-order valence-corrected chi connectivity index (χ1v) is 4.27. The summed E-state index contributed by atoms with van der Waals surface area (Å²) in [6, 6.07) is 0.195. The first kappa shape index (κ1) is 7.72. The van der Waals surface area contributed by atoms with E-state index in [-0.39, 0.29) is 6.04 Å². The van der Waals surface area contributed by atoms with E-state index in [9.17, 15) is 0 Å². The van der Waals surface area contributed by atoms with Crippen LogP contribution in [0.1, 0.15) is 6.92 Å². The van der Waals surface area contributed by atoms with Crippen LogP contribution in [0, 0.1) is 0 Å². The van der Waals surface area contributed by atoms with Gasteiger partial charge >= 0.3 is 57.2 Å².